The molecular weight excluding hydrogens is 321 g/mol. The molecule has 0 bridgehead atoms. The highest BCUT2D eigenvalue weighted by atomic mass is 127. The molecule has 0 saturated heterocycles. The van der Waals surface area contributed by atoms with Crippen molar-refractivity contribution in [2.24, 2.45) is 0 Å². The number of nitrogens with zero attached hydrogens (tertiary/aromatic N) is 3. The lowest BCUT2D eigenvalue weighted by atomic mass is 10.5. The van der Waals surface area contributed by atoms with E-state index in [0.29, 0.717) is 13.1 Å². The smallest absolute Gasteiger partial charge is 0.316 e. The van der Waals surface area contributed by atoms with Gasteiger partial charge in [0.1, 0.15) is 12.1 Å². The molecule has 0 atom stereocenters. The van der Waals surface area contributed by atoms with Crippen molar-refractivity contribution >= 4 is 34.4 Å². The van der Waals surface area contributed by atoms with Gasteiger partial charge < -0.3 is 15.5 Å². The molecule has 1 heterocycles. The van der Waals surface area contributed by atoms with Gasteiger partial charge in [-0.1, -0.05) is 0 Å². The molecular formula is C9H14IN5O. The Balaban J connectivity index is 2.26. The van der Waals surface area contributed by atoms with E-state index in [2.05, 4.69) is 43.2 Å². The van der Waals surface area contributed by atoms with Crippen molar-refractivity contribution in [3.63, 3.8) is 0 Å². The second kappa shape index (κ2) is 6.46. The molecule has 0 saturated carbocycles. The first-order valence-corrected chi connectivity index (χ1v) is 5.83. The van der Waals surface area contributed by atoms with E-state index in [1.165, 1.54) is 11.2 Å². The molecule has 1 rings (SSSR count). The Labute approximate surface area is 108 Å². The summed E-state index contributed by atoms with van der Waals surface area (Å²) in [5.74, 6) is 0.787. The summed E-state index contributed by atoms with van der Waals surface area (Å²) in [5, 5.41) is 5.87. The van der Waals surface area contributed by atoms with Gasteiger partial charge in [-0.2, -0.15) is 0 Å². The van der Waals surface area contributed by atoms with Crippen molar-refractivity contribution in [2.45, 2.75) is 0 Å². The third kappa shape index (κ3) is 4.17. The van der Waals surface area contributed by atoms with E-state index in [-0.39, 0.29) is 6.03 Å². The molecule has 1 aromatic heterocycles. The van der Waals surface area contributed by atoms with Gasteiger partial charge in [0, 0.05) is 33.4 Å². The topological polar surface area (TPSA) is 70.2 Å². The Morgan fingerprint density at radius 2 is 2.25 bits per heavy atom. The summed E-state index contributed by atoms with van der Waals surface area (Å²) in [6.07, 6.45) is 3.22. The molecule has 1 aromatic rings. The molecule has 0 aliphatic rings. The second-order valence-corrected chi connectivity index (χ2v) is 4.43. The third-order valence-electron chi connectivity index (χ3n) is 1.77. The molecule has 2 amide bonds. The molecule has 0 fully saturated rings. The lowest BCUT2D eigenvalue weighted by Gasteiger charge is -2.12. The van der Waals surface area contributed by atoms with E-state index in [9.17, 15) is 4.79 Å². The number of anilines is 1. The number of hydrogen-bond acceptors (Lipinski definition) is 4. The first-order chi connectivity index (χ1) is 7.61. The maximum absolute atomic E-state index is 11.2. The van der Waals surface area contributed by atoms with Crippen LogP contribution in [0.1, 0.15) is 0 Å². The minimum Gasteiger partial charge on any atom is -0.367 e. The molecule has 2 N–H and O–H groups in total. The highest BCUT2D eigenvalue weighted by molar-refractivity contribution is 14.1. The maximum Gasteiger partial charge on any atom is 0.316 e. The van der Waals surface area contributed by atoms with Crippen LogP contribution in [0.15, 0.2) is 12.5 Å². The average molecular weight is 335 g/mol. The van der Waals surface area contributed by atoms with Gasteiger partial charge in [-0.05, 0) is 22.6 Å². The summed E-state index contributed by atoms with van der Waals surface area (Å²) >= 11 is 2.15. The standard InChI is InChI=1S/C9H14IN5O/c1-15(2)9(16)13-4-3-12-8-7(10)5-11-6-14-8/h5-6H,3-4H2,1-2H3,(H,13,16)(H,11,12,14). The highest BCUT2D eigenvalue weighted by Crippen LogP contribution is 2.11. The van der Waals surface area contributed by atoms with Crippen LogP contribution < -0.4 is 10.6 Å². The van der Waals surface area contributed by atoms with Crippen LogP contribution in [-0.4, -0.2) is 48.1 Å². The number of rotatable bonds is 4. The van der Waals surface area contributed by atoms with Crippen LogP contribution in [0.2, 0.25) is 0 Å². The number of amides is 2. The number of hydrogen-bond donors (Lipinski definition) is 2. The fourth-order valence-electron chi connectivity index (χ4n) is 0.951. The van der Waals surface area contributed by atoms with Crippen LogP contribution in [-0.2, 0) is 0 Å². The van der Waals surface area contributed by atoms with E-state index >= 15 is 0 Å². The van der Waals surface area contributed by atoms with Crippen LogP contribution in [0, 0.1) is 3.57 Å². The first kappa shape index (κ1) is 12.9. The zero-order chi connectivity index (χ0) is 12.0. The second-order valence-electron chi connectivity index (χ2n) is 3.27. The van der Waals surface area contributed by atoms with E-state index in [4.69, 9.17) is 0 Å². The minimum absolute atomic E-state index is 0.0980. The van der Waals surface area contributed by atoms with Gasteiger partial charge in [-0.25, -0.2) is 14.8 Å². The largest absolute Gasteiger partial charge is 0.367 e. The summed E-state index contributed by atoms with van der Waals surface area (Å²) in [4.78, 5) is 20.6. The van der Waals surface area contributed by atoms with Gasteiger partial charge in [0.15, 0.2) is 0 Å². The molecule has 0 spiro atoms. The summed E-state index contributed by atoms with van der Waals surface area (Å²) < 4.78 is 0.957. The number of carbonyl (C=O) groups excluding carboxylic acids is 1. The van der Waals surface area contributed by atoms with Crippen molar-refractivity contribution in [2.75, 3.05) is 32.5 Å². The molecule has 6 nitrogen and oxygen atoms in total. The summed E-state index contributed by atoms with van der Waals surface area (Å²) in [6, 6.07) is -0.0980. The summed E-state index contributed by atoms with van der Waals surface area (Å²) in [5.41, 5.74) is 0. The van der Waals surface area contributed by atoms with Crippen molar-refractivity contribution in [3.05, 3.63) is 16.1 Å². The van der Waals surface area contributed by atoms with Crippen LogP contribution in [0.4, 0.5) is 10.6 Å². The molecule has 0 aliphatic carbocycles. The quantitative estimate of drug-likeness (QED) is 0.630. The third-order valence-corrected chi connectivity index (χ3v) is 2.56. The van der Waals surface area contributed by atoms with E-state index < -0.39 is 0 Å². The lowest BCUT2D eigenvalue weighted by molar-refractivity contribution is 0.218. The van der Waals surface area contributed by atoms with Crippen molar-refractivity contribution in [1.29, 1.82) is 0 Å². The normalized spacial score (nSPS) is 9.69. The van der Waals surface area contributed by atoms with Gasteiger partial charge in [0.25, 0.3) is 0 Å². The van der Waals surface area contributed by atoms with Crippen LogP contribution in [0.3, 0.4) is 0 Å². The monoisotopic (exact) mass is 335 g/mol. The molecule has 16 heavy (non-hydrogen) atoms. The zero-order valence-electron chi connectivity index (χ0n) is 9.20. The molecule has 88 valence electrons. The molecule has 0 aromatic carbocycles. The maximum atomic E-state index is 11.2. The van der Waals surface area contributed by atoms with Crippen LogP contribution in [0.25, 0.3) is 0 Å². The van der Waals surface area contributed by atoms with Gasteiger partial charge in [0.2, 0.25) is 0 Å². The number of nitrogens with one attached hydrogen (secondary N) is 2. The van der Waals surface area contributed by atoms with E-state index in [0.717, 1.165) is 9.39 Å². The number of halogens is 1. The van der Waals surface area contributed by atoms with Crippen molar-refractivity contribution in [3.8, 4) is 0 Å². The first-order valence-electron chi connectivity index (χ1n) is 4.76. The SMILES string of the molecule is CN(C)C(=O)NCCNc1ncncc1I. The van der Waals surface area contributed by atoms with Gasteiger partial charge in [-0.3, -0.25) is 0 Å². The minimum atomic E-state index is -0.0980. The van der Waals surface area contributed by atoms with E-state index in [1.807, 2.05) is 0 Å². The van der Waals surface area contributed by atoms with Crippen molar-refractivity contribution < 1.29 is 4.79 Å². The highest BCUT2D eigenvalue weighted by Gasteiger charge is 2.02. The zero-order valence-corrected chi connectivity index (χ0v) is 11.4. The molecule has 0 aliphatic heterocycles. The Hall–Kier alpha value is -1.12. The Morgan fingerprint density at radius 3 is 2.88 bits per heavy atom. The summed E-state index contributed by atoms with van der Waals surface area (Å²) in [7, 11) is 3.41. The van der Waals surface area contributed by atoms with Crippen molar-refractivity contribution in [1.82, 2.24) is 20.2 Å². The predicted molar refractivity (Wildman–Crippen MR) is 70.3 cm³/mol. The number of carbonyl (C=O) groups is 1. The van der Waals surface area contributed by atoms with Crippen LogP contribution in [0.5, 0.6) is 0 Å². The van der Waals surface area contributed by atoms with Gasteiger partial charge >= 0.3 is 6.03 Å². The lowest BCUT2D eigenvalue weighted by Crippen LogP contribution is -2.37. The Bertz CT molecular complexity index is 358. The molecule has 7 heteroatoms. The molecule has 0 radical (unpaired) electrons. The fraction of sp³-hybridized carbons (Fsp3) is 0.444. The Morgan fingerprint density at radius 1 is 1.50 bits per heavy atom. The Kier molecular flexibility index (Phi) is 5.23. The van der Waals surface area contributed by atoms with E-state index in [1.54, 1.807) is 20.3 Å². The van der Waals surface area contributed by atoms with Gasteiger partial charge in [-0.15, -0.1) is 0 Å². The van der Waals surface area contributed by atoms with Gasteiger partial charge in [0.05, 0.1) is 3.57 Å². The number of urea groups is 1. The summed E-state index contributed by atoms with van der Waals surface area (Å²) in [6.45, 7) is 1.18. The molecule has 0 unspecified atom stereocenters. The average Bonchev–Trinajstić information content (AvgIpc) is 2.26. The predicted octanol–water partition coefficient (Wildman–Crippen LogP) is 0.764. The van der Waals surface area contributed by atoms with Crippen LogP contribution >= 0.6 is 22.6 Å². The number of aromatic nitrogens is 2. The fourth-order valence-corrected chi connectivity index (χ4v) is 1.44.